The number of aryl methyl sites for hydroxylation is 1. The average Bonchev–Trinajstić information content (AvgIpc) is 2.25. The molecule has 2 rings (SSSR count). The summed E-state index contributed by atoms with van der Waals surface area (Å²) >= 11 is 0. The monoisotopic (exact) mass is 201 g/mol. The van der Waals surface area contributed by atoms with Gasteiger partial charge in [0.2, 0.25) is 0 Å². The number of hydrogen-bond donors (Lipinski definition) is 1. The molecule has 0 aliphatic heterocycles. The largest absolute Gasteiger partial charge is 0.345 e. The van der Waals surface area contributed by atoms with E-state index in [1.54, 1.807) is 18.6 Å². The minimum absolute atomic E-state index is 0.306. The first-order valence-corrected chi connectivity index (χ1v) is 4.69. The highest BCUT2D eigenvalue weighted by atomic mass is 16.1. The maximum atomic E-state index is 11.1. The van der Waals surface area contributed by atoms with Gasteiger partial charge in [0.15, 0.2) is 0 Å². The summed E-state index contributed by atoms with van der Waals surface area (Å²) in [4.78, 5) is 21.5. The molecule has 2 aromatic heterocycles. The Labute approximate surface area is 87.0 Å². The van der Waals surface area contributed by atoms with Gasteiger partial charge in [-0.25, -0.2) is 9.78 Å². The Morgan fingerprint density at radius 3 is 3.00 bits per heavy atom. The fraction of sp³-hybridized carbons (Fsp3) is 0.182. The van der Waals surface area contributed by atoms with Crippen LogP contribution in [0, 0.1) is 6.92 Å². The van der Waals surface area contributed by atoms with Gasteiger partial charge < -0.3 is 4.98 Å². The predicted octanol–water partition coefficient (Wildman–Crippen LogP) is 1.06. The Morgan fingerprint density at radius 2 is 2.27 bits per heavy atom. The molecule has 0 saturated heterocycles. The average molecular weight is 201 g/mol. The molecule has 4 nitrogen and oxygen atoms in total. The van der Waals surface area contributed by atoms with Crippen LogP contribution in [0.15, 0.2) is 35.5 Å². The summed E-state index contributed by atoms with van der Waals surface area (Å²) in [5, 5.41) is 0. The van der Waals surface area contributed by atoms with Crippen molar-refractivity contribution in [3.05, 3.63) is 58.0 Å². The third-order valence-electron chi connectivity index (χ3n) is 2.21. The van der Waals surface area contributed by atoms with Gasteiger partial charge in [-0.05, 0) is 24.1 Å². The van der Waals surface area contributed by atoms with Crippen LogP contribution >= 0.6 is 0 Å². The van der Waals surface area contributed by atoms with Crippen LogP contribution < -0.4 is 5.69 Å². The maximum Gasteiger partial charge on any atom is 0.345 e. The molecule has 0 atom stereocenters. The van der Waals surface area contributed by atoms with Crippen LogP contribution in [-0.4, -0.2) is 15.0 Å². The second kappa shape index (κ2) is 4.04. The van der Waals surface area contributed by atoms with E-state index in [4.69, 9.17) is 0 Å². The van der Waals surface area contributed by atoms with Crippen molar-refractivity contribution in [3.8, 4) is 0 Å². The van der Waals surface area contributed by atoms with Crippen LogP contribution in [0.2, 0.25) is 0 Å². The molecule has 0 unspecified atom stereocenters. The topological polar surface area (TPSA) is 58.6 Å². The molecular formula is C11H11N3O. The van der Waals surface area contributed by atoms with Crippen molar-refractivity contribution in [1.29, 1.82) is 0 Å². The van der Waals surface area contributed by atoms with Crippen LogP contribution in [-0.2, 0) is 6.42 Å². The van der Waals surface area contributed by atoms with Crippen molar-refractivity contribution in [2.45, 2.75) is 13.3 Å². The molecular weight excluding hydrogens is 190 g/mol. The van der Waals surface area contributed by atoms with E-state index >= 15 is 0 Å². The molecule has 0 radical (unpaired) electrons. The van der Waals surface area contributed by atoms with E-state index in [0.717, 1.165) is 16.8 Å². The second-order valence-electron chi connectivity index (χ2n) is 3.39. The standard InChI is InChI=1S/C11H11N3O/c1-8-6-13-11(15)14-10(8)5-9-3-2-4-12-7-9/h2-4,6-7H,5H2,1H3,(H,13,14,15). The van der Waals surface area contributed by atoms with Gasteiger partial charge in [-0.3, -0.25) is 4.98 Å². The van der Waals surface area contributed by atoms with Crippen molar-refractivity contribution >= 4 is 0 Å². The Hall–Kier alpha value is -1.97. The number of hydrogen-bond acceptors (Lipinski definition) is 3. The van der Waals surface area contributed by atoms with Gasteiger partial charge in [-0.15, -0.1) is 0 Å². The van der Waals surface area contributed by atoms with Crippen molar-refractivity contribution in [2.75, 3.05) is 0 Å². The van der Waals surface area contributed by atoms with Crippen molar-refractivity contribution in [2.24, 2.45) is 0 Å². The number of aromatic nitrogens is 3. The number of aromatic amines is 1. The maximum absolute atomic E-state index is 11.1. The first-order chi connectivity index (χ1) is 7.25. The number of H-pyrrole nitrogens is 1. The van der Waals surface area contributed by atoms with Crippen molar-refractivity contribution in [3.63, 3.8) is 0 Å². The lowest BCUT2D eigenvalue weighted by molar-refractivity contribution is 0.947. The molecule has 15 heavy (non-hydrogen) atoms. The van der Waals surface area contributed by atoms with Gasteiger partial charge in [0.1, 0.15) is 0 Å². The summed E-state index contributed by atoms with van der Waals surface area (Å²) in [5.74, 6) is 0. The fourth-order valence-electron chi connectivity index (χ4n) is 1.38. The molecule has 0 spiro atoms. The summed E-state index contributed by atoms with van der Waals surface area (Å²) < 4.78 is 0. The highest BCUT2D eigenvalue weighted by molar-refractivity contribution is 5.22. The number of pyridine rings is 1. The smallest absolute Gasteiger partial charge is 0.309 e. The number of nitrogens with zero attached hydrogens (tertiary/aromatic N) is 2. The fourth-order valence-corrected chi connectivity index (χ4v) is 1.38. The molecule has 0 aliphatic carbocycles. The molecule has 0 fully saturated rings. The van der Waals surface area contributed by atoms with Gasteiger partial charge in [0, 0.05) is 30.7 Å². The zero-order valence-electron chi connectivity index (χ0n) is 8.40. The zero-order valence-corrected chi connectivity index (χ0v) is 8.40. The lowest BCUT2D eigenvalue weighted by Gasteiger charge is -2.03. The zero-order chi connectivity index (χ0) is 10.7. The summed E-state index contributed by atoms with van der Waals surface area (Å²) in [5.41, 5.74) is 2.64. The van der Waals surface area contributed by atoms with E-state index in [-0.39, 0.29) is 5.69 Å². The number of rotatable bonds is 2. The van der Waals surface area contributed by atoms with E-state index in [9.17, 15) is 4.79 Å². The van der Waals surface area contributed by atoms with Crippen molar-refractivity contribution in [1.82, 2.24) is 15.0 Å². The molecule has 2 heterocycles. The van der Waals surface area contributed by atoms with Crippen LogP contribution in [0.4, 0.5) is 0 Å². The molecule has 0 bridgehead atoms. The molecule has 0 saturated carbocycles. The van der Waals surface area contributed by atoms with Crippen LogP contribution in [0.25, 0.3) is 0 Å². The minimum atomic E-state index is -0.306. The Balaban J connectivity index is 2.32. The first kappa shape index (κ1) is 9.58. The summed E-state index contributed by atoms with van der Waals surface area (Å²) in [6, 6.07) is 3.86. The third-order valence-corrected chi connectivity index (χ3v) is 2.21. The molecule has 0 amide bonds. The van der Waals surface area contributed by atoms with E-state index < -0.39 is 0 Å². The summed E-state index contributed by atoms with van der Waals surface area (Å²) in [7, 11) is 0. The molecule has 76 valence electrons. The second-order valence-corrected chi connectivity index (χ2v) is 3.39. The molecule has 2 aromatic rings. The van der Waals surface area contributed by atoms with Gasteiger partial charge in [0.05, 0.1) is 0 Å². The van der Waals surface area contributed by atoms with E-state index in [1.807, 2.05) is 19.1 Å². The molecule has 0 aliphatic rings. The van der Waals surface area contributed by atoms with E-state index in [0.29, 0.717) is 6.42 Å². The number of nitrogens with one attached hydrogen (secondary N) is 1. The van der Waals surface area contributed by atoms with Gasteiger partial charge in [0.25, 0.3) is 0 Å². The van der Waals surface area contributed by atoms with Crippen LogP contribution in [0.1, 0.15) is 16.8 Å². The lowest BCUT2D eigenvalue weighted by atomic mass is 10.1. The summed E-state index contributed by atoms with van der Waals surface area (Å²) in [6.07, 6.45) is 5.78. The Morgan fingerprint density at radius 1 is 1.40 bits per heavy atom. The highest BCUT2D eigenvalue weighted by Gasteiger charge is 2.01. The normalized spacial score (nSPS) is 10.2. The van der Waals surface area contributed by atoms with E-state index in [1.165, 1.54) is 0 Å². The van der Waals surface area contributed by atoms with Gasteiger partial charge in [-0.1, -0.05) is 6.07 Å². The van der Waals surface area contributed by atoms with Crippen LogP contribution in [0.3, 0.4) is 0 Å². The molecule has 1 N–H and O–H groups in total. The third kappa shape index (κ3) is 2.28. The highest BCUT2D eigenvalue weighted by Crippen LogP contribution is 2.07. The van der Waals surface area contributed by atoms with Gasteiger partial charge in [-0.2, -0.15) is 0 Å². The molecule has 0 aromatic carbocycles. The van der Waals surface area contributed by atoms with Gasteiger partial charge >= 0.3 is 5.69 Å². The first-order valence-electron chi connectivity index (χ1n) is 4.69. The Bertz CT molecular complexity index is 505. The Kier molecular flexibility index (Phi) is 2.58. The quantitative estimate of drug-likeness (QED) is 0.790. The van der Waals surface area contributed by atoms with Crippen LogP contribution in [0.5, 0.6) is 0 Å². The van der Waals surface area contributed by atoms with Crippen molar-refractivity contribution < 1.29 is 0 Å². The molecule has 4 heteroatoms. The SMILES string of the molecule is Cc1cnc(=O)[nH]c1Cc1cccnc1. The van der Waals surface area contributed by atoms with E-state index in [2.05, 4.69) is 15.0 Å². The minimum Gasteiger partial charge on any atom is -0.309 e. The summed E-state index contributed by atoms with van der Waals surface area (Å²) in [6.45, 7) is 1.93. The predicted molar refractivity (Wildman–Crippen MR) is 56.6 cm³/mol. The lowest BCUT2D eigenvalue weighted by Crippen LogP contribution is -2.13.